The van der Waals surface area contributed by atoms with Gasteiger partial charge in [-0.1, -0.05) is 25.3 Å². The lowest BCUT2D eigenvalue weighted by atomic mass is 9.83. The Labute approximate surface area is 85.5 Å². The third-order valence-electron chi connectivity index (χ3n) is 3.16. The van der Waals surface area contributed by atoms with E-state index in [9.17, 15) is 0 Å². The van der Waals surface area contributed by atoms with E-state index in [0.717, 1.165) is 11.6 Å². The molecule has 1 aromatic heterocycles. The summed E-state index contributed by atoms with van der Waals surface area (Å²) in [6.07, 6.45) is 8.60. The van der Waals surface area contributed by atoms with Crippen LogP contribution in [-0.4, -0.2) is 4.98 Å². The molecule has 0 atom stereocenters. The van der Waals surface area contributed by atoms with E-state index in [2.05, 4.69) is 11.1 Å². The summed E-state index contributed by atoms with van der Waals surface area (Å²) >= 11 is 0. The van der Waals surface area contributed by atoms with Crippen LogP contribution in [-0.2, 0) is 6.54 Å². The first-order valence-corrected chi connectivity index (χ1v) is 5.55. The van der Waals surface area contributed by atoms with Crippen molar-refractivity contribution in [2.45, 2.75) is 44.6 Å². The summed E-state index contributed by atoms with van der Waals surface area (Å²) in [5, 5.41) is 0. The Hall–Kier alpha value is -0.890. The molecular weight excluding hydrogens is 172 g/mol. The third-order valence-corrected chi connectivity index (χ3v) is 3.16. The van der Waals surface area contributed by atoms with E-state index >= 15 is 0 Å². The lowest BCUT2D eigenvalue weighted by Crippen LogP contribution is -2.11. The Morgan fingerprint density at radius 3 is 2.79 bits per heavy atom. The van der Waals surface area contributed by atoms with Gasteiger partial charge in [-0.15, -0.1) is 0 Å². The standard InChI is InChI=1S/C12H18N2/c13-9-12-11(7-4-8-14-12)10-5-2-1-3-6-10/h4,7-8,10H,1-3,5-6,9,13H2. The van der Waals surface area contributed by atoms with Crippen molar-refractivity contribution in [2.24, 2.45) is 5.73 Å². The van der Waals surface area contributed by atoms with Gasteiger partial charge in [0.2, 0.25) is 0 Å². The van der Waals surface area contributed by atoms with Gasteiger partial charge in [0.05, 0.1) is 5.69 Å². The van der Waals surface area contributed by atoms with Crippen molar-refractivity contribution in [3.8, 4) is 0 Å². The minimum Gasteiger partial charge on any atom is -0.325 e. The highest BCUT2D eigenvalue weighted by Crippen LogP contribution is 2.33. The van der Waals surface area contributed by atoms with Crippen LogP contribution < -0.4 is 5.73 Å². The smallest absolute Gasteiger partial charge is 0.0574 e. The van der Waals surface area contributed by atoms with Crippen molar-refractivity contribution >= 4 is 0 Å². The summed E-state index contributed by atoms with van der Waals surface area (Å²) in [6.45, 7) is 0.576. The molecule has 0 bridgehead atoms. The lowest BCUT2D eigenvalue weighted by molar-refractivity contribution is 0.440. The number of nitrogens with two attached hydrogens (primary N) is 1. The van der Waals surface area contributed by atoms with E-state index in [1.54, 1.807) is 0 Å². The zero-order valence-electron chi connectivity index (χ0n) is 8.58. The molecule has 0 unspecified atom stereocenters. The Kier molecular flexibility index (Phi) is 3.14. The summed E-state index contributed by atoms with van der Waals surface area (Å²) in [5.41, 5.74) is 8.19. The third kappa shape index (κ3) is 1.95. The quantitative estimate of drug-likeness (QED) is 0.778. The molecule has 0 radical (unpaired) electrons. The van der Waals surface area contributed by atoms with Gasteiger partial charge < -0.3 is 5.73 Å². The molecule has 0 aliphatic heterocycles. The maximum atomic E-state index is 5.69. The molecular formula is C12H18N2. The van der Waals surface area contributed by atoms with Crippen LogP contribution in [0.1, 0.15) is 49.3 Å². The number of aromatic nitrogens is 1. The van der Waals surface area contributed by atoms with Gasteiger partial charge in [0.1, 0.15) is 0 Å². The van der Waals surface area contributed by atoms with Crippen LogP contribution in [0.4, 0.5) is 0 Å². The molecule has 2 heteroatoms. The first-order valence-electron chi connectivity index (χ1n) is 5.55. The van der Waals surface area contributed by atoms with E-state index in [1.165, 1.54) is 37.7 Å². The molecule has 0 amide bonds. The molecule has 14 heavy (non-hydrogen) atoms. The first-order chi connectivity index (χ1) is 6.92. The molecule has 2 N–H and O–H groups in total. The van der Waals surface area contributed by atoms with Gasteiger partial charge >= 0.3 is 0 Å². The zero-order valence-corrected chi connectivity index (χ0v) is 8.58. The summed E-state index contributed by atoms with van der Waals surface area (Å²) in [5.74, 6) is 0.719. The second kappa shape index (κ2) is 4.56. The topological polar surface area (TPSA) is 38.9 Å². The van der Waals surface area contributed by atoms with E-state index in [1.807, 2.05) is 12.3 Å². The zero-order chi connectivity index (χ0) is 9.80. The fourth-order valence-electron chi connectivity index (χ4n) is 2.41. The number of hydrogen-bond donors (Lipinski definition) is 1. The SMILES string of the molecule is NCc1ncccc1C1CCCCC1. The van der Waals surface area contributed by atoms with Crippen LogP contribution in [0.3, 0.4) is 0 Å². The van der Waals surface area contributed by atoms with Gasteiger partial charge in [-0.25, -0.2) is 0 Å². The van der Waals surface area contributed by atoms with Crippen LogP contribution in [0.25, 0.3) is 0 Å². The van der Waals surface area contributed by atoms with E-state index in [0.29, 0.717) is 6.54 Å². The summed E-state index contributed by atoms with van der Waals surface area (Å²) < 4.78 is 0. The highest BCUT2D eigenvalue weighted by molar-refractivity contribution is 5.24. The van der Waals surface area contributed by atoms with Crippen molar-refractivity contribution in [3.63, 3.8) is 0 Å². The number of rotatable bonds is 2. The molecule has 1 aliphatic rings. The van der Waals surface area contributed by atoms with Gasteiger partial charge in [0.25, 0.3) is 0 Å². The summed E-state index contributed by atoms with van der Waals surface area (Å²) in [7, 11) is 0. The molecule has 76 valence electrons. The molecule has 0 spiro atoms. The number of pyridine rings is 1. The molecule has 0 aromatic carbocycles. The van der Waals surface area contributed by atoms with Crippen molar-refractivity contribution in [1.82, 2.24) is 4.98 Å². The lowest BCUT2D eigenvalue weighted by Gasteiger charge is -2.23. The molecule has 2 nitrogen and oxygen atoms in total. The van der Waals surface area contributed by atoms with Crippen molar-refractivity contribution in [1.29, 1.82) is 0 Å². The van der Waals surface area contributed by atoms with Crippen LogP contribution in [0.2, 0.25) is 0 Å². The number of hydrogen-bond acceptors (Lipinski definition) is 2. The highest BCUT2D eigenvalue weighted by Gasteiger charge is 2.17. The van der Waals surface area contributed by atoms with Crippen LogP contribution in [0.15, 0.2) is 18.3 Å². The van der Waals surface area contributed by atoms with Gasteiger partial charge in [-0.05, 0) is 30.4 Å². The largest absolute Gasteiger partial charge is 0.325 e. The van der Waals surface area contributed by atoms with Crippen LogP contribution in [0.5, 0.6) is 0 Å². The van der Waals surface area contributed by atoms with Gasteiger partial charge in [0, 0.05) is 12.7 Å². The van der Waals surface area contributed by atoms with Gasteiger partial charge in [0.15, 0.2) is 0 Å². The molecule has 1 fully saturated rings. The first kappa shape index (κ1) is 9.66. The highest BCUT2D eigenvalue weighted by atomic mass is 14.7. The Morgan fingerprint density at radius 1 is 1.29 bits per heavy atom. The van der Waals surface area contributed by atoms with E-state index in [4.69, 9.17) is 5.73 Å². The maximum absolute atomic E-state index is 5.69. The molecule has 0 saturated heterocycles. The average molecular weight is 190 g/mol. The molecule has 1 aromatic rings. The van der Waals surface area contributed by atoms with Gasteiger partial charge in [-0.3, -0.25) is 4.98 Å². The van der Waals surface area contributed by atoms with Crippen LogP contribution >= 0.6 is 0 Å². The van der Waals surface area contributed by atoms with Crippen molar-refractivity contribution < 1.29 is 0 Å². The average Bonchev–Trinajstić information content (AvgIpc) is 2.30. The summed E-state index contributed by atoms with van der Waals surface area (Å²) in [4.78, 5) is 4.35. The Bertz CT molecular complexity index is 290. The number of nitrogens with zero attached hydrogens (tertiary/aromatic N) is 1. The molecule has 1 aliphatic carbocycles. The molecule has 1 saturated carbocycles. The molecule has 1 heterocycles. The predicted molar refractivity (Wildman–Crippen MR) is 58.0 cm³/mol. The van der Waals surface area contributed by atoms with E-state index < -0.39 is 0 Å². The van der Waals surface area contributed by atoms with Crippen LogP contribution in [0, 0.1) is 0 Å². The second-order valence-corrected chi connectivity index (χ2v) is 4.08. The van der Waals surface area contributed by atoms with Crippen molar-refractivity contribution in [2.75, 3.05) is 0 Å². The monoisotopic (exact) mass is 190 g/mol. The maximum Gasteiger partial charge on any atom is 0.0574 e. The minimum atomic E-state index is 0.576. The fourth-order valence-corrected chi connectivity index (χ4v) is 2.41. The fraction of sp³-hybridized carbons (Fsp3) is 0.583. The second-order valence-electron chi connectivity index (χ2n) is 4.08. The van der Waals surface area contributed by atoms with E-state index in [-0.39, 0.29) is 0 Å². The van der Waals surface area contributed by atoms with Crippen molar-refractivity contribution in [3.05, 3.63) is 29.6 Å². The summed E-state index contributed by atoms with van der Waals surface area (Å²) in [6, 6.07) is 4.23. The van der Waals surface area contributed by atoms with Gasteiger partial charge in [-0.2, -0.15) is 0 Å². The minimum absolute atomic E-state index is 0.576. The predicted octanol–water partition coefficient (Wildman–Crippen LogP) is 2.59. The molecule has 2 rings (SSSR count). The Balaban J connectivity index is 2.20. The normalized spacial score (nSPS) is 18.4. The Morgan fingerprint density at radius 2 is 2.07 bits per heavy atom.